The van der Waals surface area contributed by atoms with Gasteiger partial charge < -0.3 is 4.57 Å². The van der Waals surface area contributed by atoms with Gasteiger partial charge in [-0.15, -0.1) is 0 Å². The minimum atomic E-state index is 0.771. The molecule has 0 aliphatic heterocycles. The summed E-state index contributed by atoms with van der Waals surface area (Å²) in [7, 11) is 0. The predicted octanol–water partition coefficient (Wildman–Crippen LogP) is 15.3. The van der Waals surface area contributed by atoms with E-state index < -0.39 is 0 Å². The van der Waals surface area contributed by atoms with Gasteiger partial charge in [0, 0.05) is 28.1 Å². The summed E-state index contributed by atoms with van der Waals surface area (Å²) in [6, 6.07) is 66.5. The molecular weight excluding hydrogens is 675 g/mol. The Morgan fingerprint density at radius 1 is 0.232 bits per heavy atom. The van der Waals surface area contributed by atoms with Crippen molar-refractivity contribution in [3.8, 4) is 0 Å². The van der Waals surface area contributed by atoms with Crippen LogP contribution in [-0.4, -0.2) is 4.57 Å². The third kappa shape index (κ3) is 3.44. The molecule has 0 saturated heterocycles. The third-order valence-corrected chi connectivity index (χ3v) is 13.2. The summed E-state index contributed by atoms with van der Waals surface area (Å²) in [5.74, 6) is 0. The Labute approximate surface area is 320 Å². The monoisotopic (exact) mass is 705 g/mol. The fourth-order valence-electron chi connectivity index (χ4n) is 11.1. The summed E-state index contributed by atoms with van der Waals surface area (Å²) in [5, 5.41) is 29.4. The zero-order chi connectivity index (χ0) is 36.2. The molecule has 0 fully saturated rings. The smallest absolute Gasteiger partial charge is 0.0507 e. The van der Waals surface area contributed by atoms with E-state index in [4.69, 9.17) is 0 Å². The van der Waals surface area contributed by atoms with Crippen LogP contribution in [0.3, 0.4) is 0 Å². The molecule has 0 radical (unpaired) electrons. The molecule has 0 atom stereocenters. The molecule has 0 unspecified atom stereocenters. The Morgan fingerprint density at radius 3 is 0.929 bits per heavy atom. The van der Waals surface area contributed by atoms with E-state index in [0.29, 0.717) is 0 Å². The second-order valence-electron chi connectivity index (χ2n) is 15.8. The first kappa shape index (κ1) is 29.2. The molecule has 0 spiro atoms. The van der Waals surface area contributed by atoms with Gasteiger partial charge in [0.05, 0.1) is 11.0 Å². The van der Waals surface area contributed by atoms with Gasteiger partial charge in [-0.3, -0.25) is 0 Å². The van der Waals surface area contributed by atoms with E-state index in [2.05, 4.69) is 180 Å². The van der Waals surface area contributed by atoms with Crippen molar-refractivity contribution in [1.29, 1.82) is 0 Å². The maximum Gasteiger partial charge on any atom is 0.0507 e. The van der Waals surface area contributed by atoms with Crippen molar-refractivity contribution in [1.82, 2.24) is 4.57 Å². The number of rotatable bonds is 2. The van der Waals surface area contributed by atoms with Gasteiger partial charge in [0.1, 0.15) is 0 Å². The van der Waals surface area contributed by atoms with Crippen LogP contribution in [0.15, 0.2) is 176 Å². The molecule has 0 bridgehead atoms. The minimum Gasteiger partial charge on any atom is -0.336 e. The standard InChI is InChI=1S/C55H31N/c1-2-14-31(15-3-1)30-56-46-28-44-34-18-6-4-16-32(34)38-24-12-26-40-36-20-8-10-22-42(36)50(52(44)48(38)40)54(46)55-47(56)29-45-35-19-7-5-17-33(35)39-25-13-27-41-37-21-9-11-23-43(37)51(55)53(45)49(39)41/h1-29H,30H2. The van der Waals surface area contributed by atoms with Crippen LogP contribution in [0.2, 0.25) is 0 Å². The van der Waals surface area contributed by atoms with Crippen molar-refractivity contribution in [2.24, 2.45) is 0 Å². The average Bonchev–Trinajstić information content (AvgIpc) is 3.57. The van der Waals surface area contributed by atoms with Crippen LogP contribution in [0, 0.1) is 0 Å². The molecule has 14 aromatic rings. The van der Waals surface area contributed by atoms with Gasteiger partial charge in [-0.2, -0.15) is 0 Å². The lowest BCUT2D eigenvalue weighted by Gasteiger charge is -2.20. The highest BCUT2D eigenvalue weighted by Crippen LogP contribution is 2.53. The van der Waals surface area contributed by atoms with Crippen LogP contribution in [0.4, 0.5) is 0 Å². The van der Waals surface area contributed by atoms with Crippen molar-refractivity contribution < 1.29 is 0 Å². The summed E-state index contributed by atoms with van der Waals surface area (Å²) in [4.78, 5) is 0. The van der Waals surface area contributed by atoms with Crippen molar-refractivity contribution in [3.05, 3.63) is 181 Å². The lowest BCUT2D eigenvalue weighted by molar-refractivity contribution is 0.870. The maximum absolute atomic E-state index is 2.65. The molecule has 256 valence electrons. The molecule has 56 heavy (non-hydrogen) atoms. The van der Waals surface area contributed by atoms with Gasteiger partial charge in [0.2, 0.25) is 0 Å². The molecule has 1 aromatic heterocycles. The summed E-state index contributed by atoms with van der Waals surface area (Å²) in [6.45, 7) is 0.771. The molecule has 14 rings (SSSR count). The van der Waals surface area contributed by atoms with E-state index in [1.165, 1.54) is 135 Å². The minimum absolute atomic E-state index is 0.771. The SMILES string of the molecule is c1ccc(Cn2c3cc4c5ccccc5c5cccc6c7ccccc7c(c4c56)c3c3c4c5ccccc5c5cccc6c7ccccc7c(cc32)c4c65)cc1. The molecule has 0 amide bonds. The van der Waals surface area contributed by atoms with Crippen molar-refractivity contribution >= 4 is 130 Å². The predicted molar refractivity (Wildman–Crippen MR) is 242 cm³/mol. The van der Waals surface area contributed by atoms with E-state index in [1.807, 2.05) is 0 Å². The zero-order valence-corrected chi connectivity index (χ0v) is 30.4. The molecule has 0 N–H and O–H groups in total. The van der Waals surface area contributed by atoms with Crippen LogP contribution in [-0.2, 0) is 6.54 Å². The summed E-state index contributed by atoms with van der Waals surface area (Å²) in [5.41, 5.74) is 3.87. The largest absolute Gasteiger partial charge is 0.336 e. The number of fused-ring (bicyclic) bond motifs is 17. The second-order valence-corrected chi connectivity index (χ2v) is 15.8. The second kappa shape index (κ2) is 10.3. The molecule has 1 nitrogen and oxygen atoms in total. The van der Waals surface area contributed by atoms with E-state index in [-0.39, 0.29) is 0 Å². The highest BCUT2D eigenvalue weighted by atomic mass is 15.0. The first-order valence-corrected chi connectivity index (χ1v) is 19.7. The quantitative estimate of drug-likeness (QED) is 0.125. The van der Waals surface area contributed by atoms with Gasteiger partial charge >= 0.3 is 0 Å². The molecule has 1 heteroatoms. The van der Waals surface area contributed by atoms with Gasteiger partial charge in [0.15, 0.2) is 0 Å². The van der Waals surface area contributed by atoms with Crippen LogP contribution in [0.1, 0.15) is 5.56 Å². The van der Waals surface area contributed by atoms with Crippen molar-refractivity contribution in [2.45, 2.75) is 6.54 Å². The van der Waals surface area contributed by atoms with Crippen LogP contribution < -0.4 is 0 Å². The van der Waals surface area contributed by atoms with E-state index in [0.717, 1.165) is 6.54 Å². The lowest BCUT2D eigenvalue weighted by Crippen LogP contribution is -2.00. The summed E-state index contributed by atoms with van der Waals surface area (Å²) < 4.78 is 2.65. The van der Waals surface area contributed by atoms with E-state index >= 15 is 0 Å². The van der Waals surface area contributed by atoms with Crippen LogP contribution >= 0.6 is 0 Å². The lowest BCUT2D eigenvalue weighted by atomic mass is 9.82. The maximum atomic E-state index is 2.65. The van der Waals surface area contributed by atoms with E-state index in [1.54, 1.807) is 0 Å². The van der Waals surface area contributed by atoms with Crippen molar-refractivity contribution in [2.75, 3.05) is 0 Å². The topological polar surface area (TPSA) is 4.93 Å². The fourth-order valence-corrected chi connectivity index (χ4v) is 11.1. The molecule has 0 saturated carbocycles. The molecule has 0 aliphatic carbocycles. The average molecular weight is 706 g/mol. The normalized spacial score (nSPS) is 12.7. The molecule has 13 aromatic carbocycles. The highest BCUT2D eigenvalue weighted by Gasteiger charge is 2.27. The summed E-state index contributed by atoms with van der Waals surface area (Å²) >= 11 is 0. The van der Waals surface area contributed by atoms with Crippen LogP contribution in [0.5, 0.6) is 0 Å². The zero-order valence-electron chi connectivity index (χ0n) is 30.4. The Bertz CT molecular complexity index is 3730. The molecule has 1 heterocycles. The van der Waals surface area contributed by atoms with Crippen molar-refractivity contribution in [3.63, 3.8) is 0 Å². The Balaban J connectivity index is 1.38. The van der Waals surface area contributed by atoms with Gasteiger partial charge in [0.25, 0.3) is 0 Å². The van der Waals surface area contributed by atoms with Gasteiger partial charge in [-0.1, -0.05) is 164 Å². The Morgan fingerprint density at radius 2 is 0.518 bits per heavy atom. The summed E-state index contributed by atoms with van der Waals surface area (Å²) in [6.07, 6.45) is 0. The number of nitrogens with zero attached hydrogens (tertiary/aromatic N) is 1. The number of benzene rings is 13. The fraction of sp³-hybridized carbons (Fsp3) is 0.0182. The Kier molecular flexibility index (Phi) is 5.36. The van der Waals surface area contributed by atoms with E-state index in [9.17, 15) is 0 Å². The van der Waals surface area contributed by atoms with Crippen LogP contribution in [0.25, 0.3) is 130 Å². The van der Waals surface area contributed by atoms with Gasteiger partial charge in [-0.05, 0) is 115 Å². The third-order valence-electron chi connectivity index (χ3n) is 13.2. The van der Waals surface area contributed by atoms with Gasteiger partial charge in [-0.25, -0.2) is 0 Å². The number of hydrogen-bond acceptors (Lipinski definition) is 0. The first-order chi connectivity index (χ1) is 27.8. The Hall–Kier alpha value is -7.22. The highest BCUT2D eigenvalue weighted by molar-refractivity contribution is 6.50. The molecular formula is C55H31N. The number of aromatic nitrogens is 1. The number of hydrogen-bond donors (Lipinski definition) is 0. The first-order valence-electron chi connectivity index (χ1n) is 19.7. The molecule has 0 aliphatic rings.